The maximum absolute atomic E-state index is 13.0. The smallest absolute Gasteiger partial charge is 0.339 e. The second kappa shape index (κ2) is 7.90. The van der Waals surface area contributed by atoms with Crippen molar-refractivity contribution in [3.63, 3.8) is 0 Å². The molecule has 1 heterocycles. The number of nitrogens with one attached hydrogen (secondary N) is 1. The third kappa shape index (κ3) is 3.59. The number of carbonyl (C=O) groups excluding carboxylic acids is 2. The maximum atomic E-state index is 13.0. The van der Waals surface area contributed by atoms with E-state index in [-0.39, 0.29) is 11.4 Å². The standard InChI is InChI=1S/C22H19N3O5/c1-13(21(26)24-18-10-4-5-12-19(18)25(28)29)30-22(27)20-14-7-2-3-9-16(14)23-17-11-6-8-15(17)20/h2-5,7,9-10,12-13H,6,8,11H2,1H3,(H,24,26)/t13-/m0/s1. The number of esters is 1. The summed E-state index contributed by atoms with van der Waals surface area (Å²) in [5, 5.41) is 14.3. The zero-order chi connectivity index (χ0) is 21.3. The maximum Gasteiger partial charge on any atom is 0.339 e. The van der Waals surface area contributed by atoms with Gasteiger partial charge in [0.1, 0.15) is 5.69 Å². The summed E-state index contributed by atoms with van der Waals surface area (Å²) in [6.07, 6.45) is 1.30. The first kappa shape index (κ1) is 19.5. The van der Waals surface area contributed by atoms with Crippen molar-refractivity contribution in [3.05, 3.63) is 75.5 Å². The van der Waals surface area contributed by atoms with Crippen molar-refractivity contribution in [1.82, 2.24) is 4.98 Å². The highest BCUT2D eigenvalue weighted by atomic mass is 16.6. The van der Waals surface area contributed by atoms with Gasteiger partial charge in [0.2, 0.25) is 0 Å². The highest BCUT2D eigenvalue weighted by Gasteiger charge is 2.28. The summed E-state index contributed by atoms with van der Waals surface area (Å²) in [6, 6.07) is 13.1. The number of amides is 1. The molecule has 1 aliphatic carbocycles. The fourth-order valence-electron chi connectivity index (χ4n) is 3.69. The van der Waals surface area contributed by atoms with Crippen LogP contribution in [0.5, 0.6) is 0 Å². The van der Waals surface area contributed by atoms with Gasteiger partial charge in [-0.25, -0.2) is 4.79 Å². The highest BCUT2D eigenvalue weighted by Crippen LogP contribution is 2.31. The van der Waals surface area contributed by atoms with Crippen molar-refractivity contribution in [2.45, 2.75) is 32.3 Å². The molecule has 0 saturated heterocycles. The first-order chi connectivity index (χ1) is 14.5. The van der Waals surface area contributed by atoms with Crippen molar-refractivity contribution in [2.24, 2.45) is 0 Å². The number of hydrogen-bond acceptors (Lipinski definition) is 6. The molecule has 0 radical (unpaired) electrons. The van der Waals surface area contributed by atoms with E-state index in [1.807, 2.05) is 24.3 Å². The normalized spacial score (nSPS) is 13.5. The molecule has 3 aromatic rings. The number of anilines is 1. The predicted molar refractivity (Wildman–Crippen MR) is 110 cm³/mol. The third-order valence-corrected chi connectivity index (χ3v) is 5.14. The number of nitrogens with zero attached hydrogens (tertiary/aromatic N) is 2. The molecular weight excluding hydrogens is 386 g/mol. The van der Waals surface area contributed by atoms with E-state index in [1.165, 1.54) is 25.1 Å². The number of ether oxygens (including phenoxy) is 1. The number of rotatable bonds is 5. The van der Waals surface area contributed by atoms with E-state index in [9.17, 15) is 19.7 Å². The van der Waals surface area contributed by atoms with E-state index in [2.05, 4.69) is 10.3 Å². The predicted octanol–water partition coefficient (Wildman–Crippen LogP) is 3.82. The largest absolute Gasteiger partial charge is 0.449 e. The molecule has 1 amide bonds. The molecule has 2 aromatic carbocycles. The Morgan fingerprint density at radius 1 is 1.13 bits per heavy atom. The zero-order valence-electron chi connectivity index (χ0n) is 16.3. The van der Waals surface area contributed by atoms with Gasteiger partial charge in [-0.05, 0) is 43.9 Å². The van der Waals surface area contributed by atoms with Crippen LogP contribution < -0.4 is 5.32 Å². The zero-order valence-corrected chi connectivity index (χ0v) is 16.3. The average Bonchev–Trinajstić information content (AvgIpc) is 3.19. The Morgan fingerprint density at radius 2 is 1.87 bits per heavy atom. The molecular formula is C22H19N3O5. The molecule has 8 heteroatoms. The minimum atomic E-state index is -1.14. The number of nitro groups is 1. The summed E-state index contributed by atoms with van der Waals surface area (Å²) >= 11 is 0. The number of nitro benzene ring substituents is 1. The van der Waals surface area contributed by atoms with Crippen LogP contribution >= 0.6 is 0 Å². The number of pyridine rings is 1. The minimum absolute atomic E-state index is 0.0469. The monoisotopic (exact) mass is 405 g/mol. The lowest BCUT2D eigenvalue weighted by Gasteiger charge is -2.16. The average molecular weight is 405 g/mol. The Bertz CT molecular complexity index is 1170. The molecule has 1 aromatic heterocycles. The number of para-hydroxylation sites is 3. The van der Waals surface area contributed by atoms with Crippen LogP contribution in [0.4, 0.5) is 11.4 Å². The van der Waals surface area contributed by atoms with Gasteiger partial charge in [-0.15, -0.1) is 0 Å². The van der Waals surface area contributed by atoms with Gasteiger partial charge in [0, 0.05) is 17.1 Å². The highest BCUT2D eigenvalue weighted by molar-refractivity contribution is 6.06. The summed E-state index contributed by atoms with van der Waals surface area (Å²) < 4.78 is 5.46. The summed E-state index contributed by atoms with van der Waals surface area (Å²) in [5.41, 5.74) is 2.72. The molecule has 4 rings (SSSR count). The van der Waals surface area contributed by atoms with Gasteiger partial charge in [0.25, 0.3) is 11.6 Å². The molecule has 1 aliphatic rings. The van der Waals surface area contributed by atoms with Crippen LogP contribution in [0.15, 0.2) is 48.5 Å². The quantitative estimate of drug-likeness (QED) is 0.392. The summed E-state index contributed by atoms with van der Waals surface area (Å²) in [6.45, 7) is 1.44. The van der Waals surface area contributed by atoms with E-state index >= 15 is 0 Å². The van der Waals surface area contributed by atoms with Crippen LogP contribution in [0.25, 0.3) is 10.9 Å². The molecule has 0 saturated carbocycles. The second-order valence-electron chi connectivity index (χ2n) is 7.09. The first-order valence-electron chi connectivity index (χ1n) is 9.61. The van der Waals surface area contributed by atoms with Gasteiger partial charge in [0.05, 0.1) is 16.0 Å². The van der Waals surface area contributed by atoms with Crippen molar-refractivity contribution in [2.75, 3.05) is 5.32 Å². The van der Waals surface area contributed by atoms with E-state index in [1.54, 1.807) is 6.07 Å². The first-order valence-corrected chi connectivity index (χ1v) is 9.61. The SMILES string of the molecule is C[C@H](OC(=O)c1c2c(nc3ccccc13)CCC2)C(=O)Nc1ccccc1[N+](=O)[O-]. The number of aromatic nitrogens is 1. The molecule has 0 fully saturated rings. The van der Waals surface area contributed by atoms with Crippen LogP contribution in [0, 0.1) is 10.1 Å². The lowest BCUT2D eigenvalue weighted by Crippen LogP contribution is -2.30. The van der Waals surface area contributed by atoms with Gasteiger partial charge in [-0.3, -0.25) is 19.9 Å². The Hall–Kier alpha value is -3.81. The Labute approximate surface area is 172 Å². The van der Waals surface area contributed by atoms with Crippen molar-refractivity contribution >= 4 is 34.2 Å². The fourth-order valence-corrected chi connectivity index (χ4v) is 3.69. The molecule has 8 nitrogen and oxygen atoms in total. The molecule has 30 heavy (non-hydrogen) atoms. The van der Waals surface area contributed by atoms with Gasteiger partial charge in [-0.2, -0.15) is 0 Å². The van der Waals surface area contributed by atoms with Gasteiger partial charge >= 0.3 is 5.97 Å². The van der Waals surface area contributed by atoms with Gasteiger partial charge in [-0.1, -0.05) is 30.3 Å². The number of hydrogen-bond donors (Lipinski definition) is 1. The molecule has 0 unspecified atom stereocenters. The minimum Gasteiger partial charge on any atom is -0.449 e. The molecule has 0 spiro atoms. The Kier molecular flexibility index (Phi) is 5.14. The Balaban J connectivity index is 1.58. The molecule has 1 N–H and O–H groups in total. The van der Waals surface area contributed by atoms with Crippen molar-refractivity contribution < 1.29 is 19.2 Å². The number of fused-ring (bicyclic) bond motifs is 2. The molecule has 0 aliphatic heterocycles. The topological polar surface area (TPSA) is 111 Å². The van der Waals surface area contributed by atoms with E-state index in [0.717, 1.165) is 30.5 Å². The summed E-state index contributed by atoms with van der Waals surface area (Å²) in [5.74, 6) is -1.25. The van der Waals surface area contributed by atoms with Crippen LogP contribution in [-0.4, -0.2) is 27.9 Å². The van der Waals surface area contributed by atoms with Gasteiger partial charge in [0.15, 0.2) is 6.10 Å². The third-order valence-electron chi connectivity index (χ3n) is 5.14. The summed E-state index contributed by atoms with van der Waals surface area (Å²) in [4.78, 5) is 40.7. The van der Waals surface area contributed by atoms with E-state index in [0.29, 0.717) is 16.5 Å². The van der Waals surface area contributed by atoms with Crippen molar-refractivity contribution in [3.8, 4) is 0 Å². The van der Waals surface area contributed by atoms with Crippen LogP contribution in [0.1, 0.15) is 35.0 Å². The van der Waals surface area contributed by atoms with Crippen LogP contribution in [0.3, 0.4) is 0 Å². The fraction of sp³-hybridized carbons (Fsp3) is 0.227. The lowest BCUT2D eigenvalue weighted by molar-refractivity contribution is -0.383. The molecule has 152 valence electrons. The van der Waals surface area contributed by atoms with Gasteiger partial charge < -0.3 is 10.1 Å². The number of aryl methyl sites for hydroxylation is 1. The van der Waals surface area contributed by atoms with Crippen molar-refractivity contribution in [1.29, 1.82) is 0 Å². The van der Waals surface area contributed by atoms with E-state index < -0.39 is 22.9 Å². The molecule has 0 bridgehead atoms. The number of carbonyl (C=O) groups is 2. The second-order valence-corrected chi connectivity index (χ2v) is 7.09. The van der Waals surface area contributed by atoms with Crippen LogP contribution in [0.2, 0.25) is 0 Å². The molecule has 1 atom stereocenters. The number of benzene rings is 2. The Morgan fingerprint density at radius 3 is 2.67 bits per heavy atom. The lowest BCUT2D eigenvalue weighted by atomic mass is 10.0. The summed E-state index contributed by atoms with van der Waals surface area (Å²) in [7, 11) is 0. The van der Waals surface area contributed by atoms with Crippen LogP contribution in [-0.2, 0) is 22.4 Å². The van der Waals surface area contributed by atoms with E-state index in [4.69, 9.17) is 4.74 Å².